The van der Waals surface area contributed by atoms with Gasteiger partial charge >= 0.3 is 5.97 Å². The van der Waals surface area contributed by atoms with Gasteiger partial charge in [-0.1, -0.05) is 12.1 Å². The second kappa shape index (κ2) is 6.20. The first-order chi connectivity index (χ1) is 11.5. The zero-order valence-electron chi connectivity index (χ0n) is 13.5. The molecular weight excluding hydrogens is 302 g/mol. The number of aromatic nitrogens is 3. The zero-order valence-corrected chi connectivity index (χ0v) is 13.5. The number of hydrogen-bond acceptors (Lipinski definition) is 4. The van der Waals surface area contributed by atoms with E-state index in [2.05, 4.69) is 9.97 Å². The van der Waals surface area contributed by atoms with Crippen LogP contribution in [0.4, 0.5) is 0 Å². The molecule has 0 radical (unpaired) electrons. The van der Waals surface area contributed by atoms with Gasteiger partial charge in [0.05, 0.1) is 17.1 Å². The third-order valence-corrected chi connectivity index (χ3v) is 3.96. The van der Waals surface area contributed by atoms with Crippen molar-refractivity contribution in [1.82, 2.24) is 15.0 Å². The van der Waals surface area contributed by atoms with E-state index in [0.29, 0.717) is 5.69 Å². The van der Waals surface area contributed by atoms with Crippen LogP contribution in [0.5, 0.6) is 0 Å². The minimum Gasteiger partial charge on any atom is -0.477 e. The van der Waals surface area contributed by atoms with Crippen LogP contribution in [0.2, 0.25) is 0 Å². The Hall–Kier alpha value is -3.08. The van der Waals surface area contributed by atoms with Crippen molar-refractivity contribution in [1.29, 1.82) is 0 Å². The van der Waals surface area contributed by atoms with Gasteiger partial charge in [-0.25, -0.2) is 9.78 Å². The third-order valence-electron chi connectivity index (χ3n) is 3.96. The maximum Gasteiger partial charge on any atom is 0.354 e. The molecule has 0 fully saturated rings. The predicted molar refractivity (Wildman–Crippen MR) is 90.8 cm³/mol. The summed E-state index contributed by atoms with van der Waals surface area (Å²) in [4.78, 5) is 24.3. The van der Waals surface area contributed by atoms with Crippen molar-refractivity contribution in [3.05, 3.63) is 78.0 Å². The molecule has 5 nitrogen and oxygen atoms in total. The van der Waals surface area contributed by atoms with E-state index in [0.717, 1.165) is 17.0 Å². The zero-order chi connectivity index (χ0) is 17.2. The number of carbonyl (C=O) groups is 1. The molecule has 0 spiro atoms. The molecule has 24 heavy (non-hydrogen) atoms. The van der Waals surface area contributed by atoms with Crippen LogP contribution in [0.25, 0.3) is 11.3 Å². The molecule has 3 aromatic rings. The van der Waals surface area contributed by atoms with Gasteiger partial charge in [-0.15, -0.1) is 0 Å². The Bertz CT molecular complexity index is 877. The standard InChI is InChI=1S/C19H17N3O2/c1-19(2,17-10-4-8-15(22-17)18(23)24)16-9-3-7-14(21-16)13-6-5-11-20-12-13/h3-12H,1-2H3,(H,23,24). The molecule has 0 atom stereocenters. The molecule has 0 aliphatic carbocycles. The number of pyridine rings is 3. The molecule has 0 aromatic carbocycles. The second-order valence-corrected chi connectivity index (χ2v) is 5.99. The molecule has 0 saturated heterocycles. The van der Waals surface area contributed by atoms with Crippen LogP contribution in [0.1, 0.15) is 35.7 Å². The van der Waals surface area contributed by atoms with E-state index >= 15 is 0 Å². The highest BCUT2D eigenvalue weighted by Gasteiger charge is 2.27. The van der Waals surface area contributed by atoms with E-state index in [-0.39, 0.29) is 5.69 Å². The predicted octanol–water partition coefficient (Wildman–Crippen LogP) is 3.56. The van der Waals surface area contributed by atoms with Gasteiger partial charge in [0.15, 0.2) is 0 Å². The number of hydrogen-bond donors (Lipinski definition) is 1. The Morgan fingerprint density at radius 1 is 0.958 bits per heavy atom. The normalized spacial score (nSPS) is 11.2. The lowest BCUT2D eigenvalue weighted by Crippen LogP contribution is -2.23. The Morgan fingerprint density at radius 3 is 2.33 bits per heavy atom. The number of nitrogens with zero attached hydrogens (tertiary/aromatic N) is 3. The first kappa shape index (κ1) is 15.8. The number of carboxylic acid groups (broad SMARTS) is 1. The molecule has 0 bridgehead atoms. The van der Waals surface area contributed by atoms with E-state index in [9.17, 15) is 4.79 Å². The molecule has 0 unspecified atom stereocenters. The van der Waals surface area contributed by atoms with Crippen molar-refractivity contribution in [3.8, 4) is 11.3 Å². The molecular formula is C19H17N3O2. The summed E-state index contributed by atoms with van der Waals surface area (Å²) in [6, 6.07) is 14.6. The fourth-order valence-electron chi connectivity index (χ4n) is 2.49. The van der Waals surface area contributed by atoms with E-state index in [1.54, 1.807) is 18.5 Å². The lowest BCUT2D eigenvalue weighted by Gasteiger charge is -2.24. The quantitative estimate of drug-likeness (QED) is 0.795. The Morgan fingerprint density at radius 2 is 1.67 bits per heavy atom. The van der Waals surface area contributed by atoms with Gasteiger partial charge in [-0.3, -0.25) is 9.97 Å². The maximum atomic E-state index is 11.2. The maximum absolute atomic E-state index is 11.2. The van der Waals surface area contributed by atoms with Crippen molar-refractivity contribution in [2.45, 2.75) is 19.3 Å². The van der Waals surface area contributed by atoms with Gasteiger partial charge in [0.1, 0.15) is 5.69 Å². The van der Waals surface area contributed by atoms with Crippen LogP contribution in [-0.2, 0) is 5.41 Å². The van der Waals surface area contributed by atoms with Crippen molar-refractivity contribution in [2.24, 2.45) is 0 Å². The van der Waals surface area contributed by atoms with E-state index < -0.39 is 11.4 Å². The summed E-state index contributed by atoms with van der Waals surface area (Å²) in [7, 11) is 0. The fraction of sp³-hybridized carbons (Fsp3) is 0.158. The van der Waals surface area contributed by atoms with Crippen molar-refractivity contribution in [3.63, 3.8) is 0 Å². The highest BCUT2D eigenvalue weighted by Crippen LogP contribution is 2.30. The van der Waals surface area contributed by atoms with Crippen molar-refractivity contribution in [2.75, 3.05) is 0 Å². The summed E-state index contributed by atoms with van der Waals surface area (Å²) in [6.07, 6.45) is 3.49. The lowest BCUT2D eigenvalue weighted by atomic mass is 9.84. The summed E-state index contributed by atoms with van der Waals surface area (Å²) >= 11 is 0. The SMILES string of the molecule is CC(C)(c1cccc(C(=O)O)n1)c1cccc(-c2cccnc2)n1. The largest absolute Gasteiger partial charge is 0.477 e. The number of rotatable bonds is 4. The first-order valence-electron chi connectivity index (χ1n) is 7.57. The van der Waals surface area contributed by atoms with Crippen molar-refractivity contribution < 1.29 is 9.90 Å². The molecule has 1 N–H and O–H groups in total. The van der Waals surface area contributed by atoms with Gasteiger partial charge in [0.2, 0.25) is 0 Å². The molecule has 0 saturated carbocycles. The monoisotopic (exact) mass is 319 g/mol. The molecule has 3 rings (SSSR count). The smallest absolute Gasteiger partial charge is 0.354 e. The third kappa shape index (κ3) is 3.01. The summed E-state index contributed by atoms with van der Waals surface area (Å²) in [6.45, 7) is 3.96. The van der Waals surface area contributed by atoms with E-state index in [1.165, 1.54) is 6.07 Å². The number of carboxylic acids is 1. The highest BCUT2D eigenvalue weighted by molar-refractivity contribution is 5.85. The molecule has 0 amide bonds. The van der Waals surface area contributed by atoms with Crippen LogP contribution >= 0.6 is 0 Å². The van der Waals surface area contributed by atoms with Gasteiger partial charge in [-0.2, -0.15) is 0 Å². The number of aromatic carboxylic acids is 1. The molecule has 0 aliphatic rings. The Kier molecular flexibility index (Phi) is 4.08. The van der Waals surface area contributed by atoms with Crippen LogP contribution in [0.15, 0.2) is 60.9 Å². The van der Waals surface area contributed by atoms with E-state index in [4.69, 9.17) is 10.1 Å². The van der Waals surface area contributed by atoms with Crippen molar-refractivity contribution >= 4 is 5.97 Å². The first-order valence-corrected chi connectivity index (χ1v) is 7.57. The lowest BCUT2D eigenvalue weighted by molar-refractivity contribution is 0.0690. The van der Waals surface area contributed by atoms with E-state index in [1.807, 2.05) is 50.2 Å². The van der Waals surface area contributed by atoms with Gasteiger partial charge in [0.25, 0.3) is 0 Å². The average Bonchev–Trinajstić information content (AvgIpc) is 2.62. The van der Waals surface area contributed by atoms with Gasteiger partial charge < -0.3 is 5.11 Å². The minimum absolute atomic E-state index is 0.0315. The van der Waals surface area contributed by atoms with Crippen LogP contribution in [0.3, 0.4) is 0 Å². The van der Waals surface area contributed by atoms with Gasteiger partial charge in [-0.05, 0) is 50.2 Å². The summed E-state index contributed by atoms with van der Waals surface area (Å²) in [5.41, 5.74) is 2.75. The second-order valence-electron chi connectivity index (χ2n) is 5.99. The van der Waals surface area contributed by atoms with Gasteiger partial charge in [0, 0.05) is 23.4 Å². The summed E-state index contributed by atoms with van der Waals surface area (Å²) in [5, 5.41) is 9.15. The highest BCUT2D eigenvalue weighted by atomic mass is 16.4. The Labute approximate surface area is 140 Å². The molecule has 5 heteroatoms. The molecule has 0 aliphatic heterocycles. The van der Waals surface area contributed by atoms with Crippen LogP contribution in [0, 0.1) is 0 Å². The molecule has 3 heterocycles. The topological polar surface area (TPSA) is 76.0 Å². The fourth-order valence-corrected chi connectivity index (χ4v) is 2.49. The van der Waals surface area contributed by atoms with Crippen LogP contribution in [-0.4, -0.2) is 26.0 Å². The van der Waals surface area contributed by atoms with Crippen LogP contribution < -0.4 is 0 Å². The molecule has 3 aromatic heterocycles. The Balaban J connectivity index is 2.04. The summed E-state index contributed by atoms with van der Waals surface area (Å²) in [5.74, 6) is -1.04. The molecule has 120 valence electrons. The summed E-state index contributed by atoms with van der Waals surface area (Å²) < 4.78 is 0. The average molecular weight is 319 g/mol. The minimum atomic E-state index is -1.04.